The molecule has 1 rings (SSSR count). The monoisotopic (exact) mass is 231 g/mol. The fourth-order valence-corrected chi connectivity index (χ4v) is 1.77. The molecule has 0 saturated carbocycles. The predicted molar refractivity (Wildman–Crippen MR) is 67.6 cm³/mol. The van der Waals surface area contributed by atoms with E-state index < -0.39 is 11.8 Å². The Kier molecular flexibility index (Phi) is 4.53. The Bertz CT molecular complexity index is 415. The standard InChI is InChI=1S/C13H17N3O/c1-3-16(4-2)11-7-5-10(6-8-11)12(9-14)13(15)17/h5-8,12H,3-4H2,1-2H3,(H2,15,17). The topological polar surface area (TPSA) is 70.1 Å². The smallest absolute Gasteiger partial charge is 0.239 e. The first-order chi connectivity index (χ1) is 8.13. The zero-order valence-electron chi connectivity index (χ0n) is 10.2. The summed E-state index contributed by atoms with van der Waals surface area (Å²) in [5, 5.41) is 8.86. The fraction of sp³-hybridized carbons (Fsp3) is 0.385. The molecule has 1 aromatic carbocycles. The minimum absolute atomic E-state index is 0.608. The van der Waals surface area contributed by atoms with Crippen molar-refractivity contribution in [3.8, 4) is 6.07 Å². The minimum Gasteiger partial charge on any atom is -0.372 e. The van der Waals surface area contributed by atoms with Crippen LogP contribution in [0.15, 0.2) is 24.3 Å². The second-order valence-electron chi connectivity index (χ2n) is 3.73. The maximum Gasteiger partial charge on any atom is 0.239 e. The van der Waals surface area contributed by atoms with Gasteiger partial charge in [-0.05, 0) is 31.5 Å². The highest BCUT2D eigenvalue weighted by Gasteiger charge is 2.16. The summed E-state index contributed by atoms with van der Waals surface area (Å²) in [4.78, 5) is 13.2. The first-order valence-electron chi connectivity index (χ1n) is 5.67. The molecular formula is C13H17N3O. The van der Waals surface area contributed by atoms with Gasteiger partial charge in [-0.3, -0.25) is 4.79 Å². The van der Waals surface area contributed by atoms with Gasteiger partial charge < -0.3 is 10.6 Å². The molecule has 0 aliphatic heterocycles. The van der Waals surface area contributed by atoms with Gasteiger partial charge in [-0.1, -0.05) is 12.1 Å². The maximum atomic E-state index is 11.1. The largest absolute Gasteiger partial charge is 0.372 e. The highest BCUT2D eigenvalue weighted by atomic mass is 16.1. The van der Waals surface area contributed by atoms with Crippen LogP contribution in [0.1, 0.15) is 25.3 Å². The number of carbonyl (C=O) groups is 1. The van der Waals surface area contributed by atoms with Gasteiger partial charge in [0, 0.05) is 18.8 Å². The van der Waals surface area contributed by atoms with Crippen molar-refractivity contribution in [2.75, 3.05) is 18.0 Å². The minimum atomic E-state index is -0.860. The molecule has 1 atom stereocenters. The third-order valence-electron chi connectivity index (χ3n) is 2.77. The van der Waals surface area contributed by atoms with Crippen LogP contribution in [0.5, 0.6) is 0 Å². The van der Waals surface area contributed by atoms with Gasteiger partial charge in [0.05, 0.1) is 6.07 Å². The maximum absolute atomic E-state index is 11.1. The lowest BCUT2D eigenvalue weighted by Gasteiger charge is -2.21. The summed E-state index contributed by atoms with van der Waals surface area (Å²) in [7, 11) is 0. The first-order valence-corrected chi connectivity index (χ1v) is 5.67. The van der Waals surface area contributed by atoms with Crippen LogP contribution < -0.4 is 10.6 Å². The Labute approximate surface area is 102 Å². The molecule has 1 aromatic rings. The second-order valence-corrected chi connectivity index (χ2v) is 3.73. The van der Waals surface area contributed by atoms with Crippen molar-refractivity contribution in [2.45, 2.75) is 19.8 Å². The van der Waals surface area contributed by atoms with Crippen LogP contribution in [0, 0.1) is 11.3 Å². The van der Waals surface area contributed by atoms with Crippen LogP contribution in [-0.4, -0.2) is 19.0 Å². The number of hydrogen-bond acceptors (Lipinski definition) is 3. The molecule has 0 spiro atoms. The number of nitriles is 1. The number of primary amides is 1. The molecule has 1 unspecified atom stereocenters. The van der Waals surface area contributed by atoms with Crippen molar-refractivity contribution in [3.05, 3.63) is 29.8 Å². The highest BCUT2D eigenvalue weighted by molar-refractivity contribution is 5.84. The normalized spacial score (nSPS) is 11.6. The molecule has 17 heavy (non-hydrogen) atoms. The molecule has 0 aliphatic rings. The third-order valence-corrected chi connectivity index (χ3v) is 2.77. The number of rotatable bonds is 5. The predicted octanol–water partition coefficient (Wildman–Crippen LogP) is 1.63. The number of nitrogens with zero attached hydrogens (tertiary/aromatic N) is 2. The Morgan fingerprint density at radius 3 is 2.24 bits per heavy atom. The van der Waals surface area contributed by atoms with Crippen LogP contribution in [0.2, 0.25) is 0 Å². The number of nitrogens with two attached hydrogens (primary N) is 1. The van der Waals surface area contributed by atoms with Crippen LogP contribution in [0.4, 0.5) is 5.69 Å². The van der Waals surface area contributed by atoms with Crippen LogP contribution in [0.3, 0.4) is 0 Å². The SMILES string of the molecule is CCN(CC)c1ccc(C(C#N)C(N)=O)cc1. The van der Waals surface area contributed by atoms with Crippen molar-refractivity contribution in [3.63, 3.8) is 0 Å². The summed E-state index contributed by atoms with van der Waals surface area (Å²) < 4.78 is 0. The molecule has 0 aromatic heterocycles. The molecule has 4 nitrogen and oxygen atoms in total. The molecule has 0 heterocycles. The Hall–Kier alpha value is -2.02. The molecule has 0 aliphatic carbocycles. The van der Waals surface area contributed by atoms with Gasteiger partial charge in [0.1, 0.15) is 5.92 Å². The first kappa shape index (κ1) is 13.0. The molecule has 0 radical (unpaired) electrons. The zero-order valence-corrected chi connectivity index (χ0v) is 10.2. The van der Waals surface area contributed by atoms with Crippen molar-refractivity contribution < 1.29 is 4.79 Å². The van der Waals surface area contributed by atoms with Gasteiger partial charge >= 0.3 is 0 Å². The van der Waals surface area contributed by atoms with E-state index in [0.717, 1.165) is 18.8 Å². The van der Waals surface area contributed by atoms with Crippen LogP contribution in [-0.2, 0) is 4.79 Å². The molecule has 1 amide bonds. The molecule has 0 bridgehead atoms. The van der Waals surface area contributed by atoms with Gasteiger partial charge in [-0.15, -0.1) is 0 Å². The second kappa shape index (κ2) is 5.90. The average Bonchev–Trinajstić information content (AvgIpc) is 2.33. The lowest BCUT2D eigenvalue weighted by Crippen LogP contribution is -2.22. The lowest BCUT2D eigenvalue weighted by atomic mass is 10.00. The van der Waals surface area contributed by atoms with E-state index in [1.807, 2.05) is 18.2 Å². The number of amides is 1. The van der Waals surface area contributed by atoms with Crippen molar-refractivity contribution in [2.24, 2.45) is 5.73 Å². The van der Waals surface area contributed by atoms with Crippen LogP contribution >= 0.6 is 0 Å². The van der Waals surface area contributed by atoms with E-state index in [1.54, 1.807) is 12.1 Å². The van der Waals surface area contributed by atoms with E-state index in [0.29, 0.717) is 5.56 Å². The van der Waals surface area contributed by atoms with Crippen molar-refractivity contribution in [1.29, 1.82) is 5.26 Å². The van der Waals surface area contributed by atoms with Gasteiger partial charge in [-0.2, -0.15) is 5.26 Å². The molecule has 0 saturated heterocycles. The Morgan fingerprint density at radius 1 is 1.35 bits per heavy atom. The van der Waals surface area contributed by atoms with Gasteiger partial charge in [0.15, 0.2) is 0 Å². The summed E-state index contributed by atoms with van der Waals surface area (Å²) in [6.45, 7) is 6.01. The molecule has 0 fully saturated rings. The highest BCUT2D eigenvalue weighted by Crippen LogP contribution is 2.20. The van der Waals surface area contributed by atoms with Crippen molar-refractivity contribution >= 4 is 11.6 Å². The van der Waals surface area contributed by atoms with E-state index in [2.05, 4.69) is 18.7 Å². The van der Waals surface area contributed by atoms with Gasteiger partial charge in [-0.25, -0.2) is 0 Å². The van der Waals surface area contributed by atoms with Crippen molar-refractivity contribution in [1.82, 2.24) is 0 Å². The van der Waals surface area contributed by atoms with Gasteiger partial charge in [0.25, 0.3) is 0 Å². The summed E-state index contributed by atoms with van der Waals surface area (Å²) >= 11 is 0. The van der Waals surface area contributed by atoms with Gasteiger partial charge in [0.2, 0.25) is 5.91 Å². The lowest BCUT2D eigenvalue weighted by molar-refractivity contribution is -0.118. The summed E-state index contributed by atoms with van der Waals surface area (Å²) in [5.74, 6) is -1.47. The van der Waals surface area contributed by atoms with E-state index in [1.165, 1.54) is 0 Å². The van der Waals surface area contributed by atoms with E-state index in [4.69, 9.17) is 11.0 Å². The molecule has 2 N–H and O–H groups in total. The fourth-order valence-electron chi connectivity index (χ4n) is 1.77. The number of benzene rings is 1. The average molecular weight is 231 g/mol. The summed E-state index contributed by atoms with van der Waals surface area (Å²) in [6, 6.07) is 9.30. The number of hydrogen-bond donors (Lipinski definition) is 1. The molecule has 90 valence electrons. The van der Waals surface area contributed by atoms with Crippen LogP contribution in [0.25, 0.3) is 0 Å². The van der Waals surface area contributed by atoms with E-state index in [-0.39, 0.29) is 0 Å². The summed E-state index contributed by atoms with van der Waals surface area (Å²) in [5.41, 5.74) is 6.89. The Morgan fingerprint density at radius 2 is 1.88 bits per heavy atom. The number of anilines is 1. The summed E-state index contributed by atoms with van der Waals surface area (Å²) in [6.07, 6.45) is 0. The molecule has 4 heteroatoms. The third kappa shape index (κ3) is 2.97. The molecular weight excluding hydrogens is 214 g/mol. The zero-order chi connectivity index (χ0) is 12.8. The van der Waals surface area contributed by atoms with E-state index in [9.17, 15) is 4.79 Å². The van der Waals surface area contributed by atoms with E-state index >= 15 is 0 Å². The quantitative estimate of drug-likeness (QED) is 0.837. The Balaban J connectivity index is 2.95. The number of carbonyl (C=O) groups excluding carboxylic acids is 1.